The Labute approximate surface area is 145 Å². The quantitative estimate of drug-likeness (QED) is 0.811. The molecule has 24 heavy (non-hydrogen) atoms. The fourth-order valence-electron chi connectivity index (χ4n) is 2.14. The number of carbonyl (C=O) groups excluding carboxylic acids is 1. The van der Waals surface area contributed by atoms with E-state index in [-0.39, 0.29) is 6.61 Å². The minimum Gasteiger partial charge on any atom is -0.465 e. The van der Waals surface area contributed by atoms with Gasteiger partial charge in [0.1, 0.15) is 18.8 Å². The van der Waals surface area contributed by atoms with Crippen molar-refractivity contribution in [1.29, 1.82) is 0 Å². The second-order valence-electron chi connectivity index (χ2n) is 5.81. The monoisotopic (exact) mass is 349 g/mol. The number of hydrogen-bond donors (Lipinski definition) is 1. The first-order chi connectivity index (χ1) is 11.4. The molecule has 0 fully saturated rings. The zero-order chi connectivity index (χ0) is 17.7. The molecule has 1 N–H and O–H groups in total. The Hall–Kier alpha value is -2.18. The molecule has 2 aromatic rings. The van der Waals surface area contributed by atoms with Crippen LogP contribution in [-0.2, 0) is 9.53 Å². The topological polar surface area (TPSA) is 77.2 Å². The predicted molar refractivity (Wildman–Crippen MR) is 92.1 cm³/mol. The van der Waals surface area contributed by atoms with Crippen molar-refractivity contribution >= 4 is 29.3 Å². The Morgan fingerprint density at radius 3 is 2.62 bits per heavy atom. The Morgan fingerprint density at radius 2 is 2.08 bits per heavy atom. The van der Waals surface area contributed by atoms with Crippen molar-refractivity contribution in [2.75, 3.05) is 6.61 Å². The summed E-state index contributed by atoms with van der Waals surface area (Å²) in [7, 11) is 0. The molecular weight excluding hydrogens is 330 g/mol. The Kier molecular flexibility index (Phi) is 5.75. The highest BCUT2D eigenvalue weighted by atomic mass is 35.5. The van der Waals surface area contributed by atoms with Gasteiger partial charge in [0.15, 0.2) is 0 Å². The van der Waals surface area contributed by atoms with E-state index in [4.69, 9.17) is 16.3 Å². The zero-order valence-electron chi connectivity index (χ0n) is 13.8. The first-order valence-electron chi connectivity index (χ1n) is 7.53. The Balaban J connectivity index is 2.43. The molecule has 0 aliphatic heterocycles. The SMILES string of the molecule is CCOC(=O)C(C)(C)C(O)C(=Cc1ccc(Cl)cc1)n1cncn1. The van der Waals surface area contributed by atoms with Crippen LogP contribution in [0.1, 0.15) is 26.3 Å². The minimum absolute atomic E-state index is 0.245. The molecule has 1 unspecified atom stereocenters. The average molecular weight is 350 g/mol. The smallest absolute Gasteiger partial charge is 0.314 e. The van der Waals surface area contributed by atoms with Crippen LogP contribution in [0, 0.1) is 5.41 Å². The maximum absolute atomic E-state index is 12.2. The minimum atomic E-state index is -1.15. The number of hydrogen-bond acceptors (Lipinski definition) is 5. The van der Waals surface area contributed by atoms with E-state index in [2.05, 4.69) is 10.1 Å². The molecule has 0 aliphatic rings. The van der Waals surface area contributed by atoms with Crippen molar-refractivity contribution in [2.24, 2.45) is 5.41 Å². The summed E-state index contributed by atoms with van der Waals surface area (Å²) in [6, 6.07) is 7.11. The van der Waals surface area contributed by atoms with E-state index in [1.165, 1.54) is 17.3 Å². The normalized spacial score (nSPS) is 13.6. The second kappa shape index (κ2) is 7.59. The number of carbonyl (C=O) groups is 1. The summed E-state index contributed by atoms with van der Waals surface area (Å²) in [4.78, 5) is 16.1. The lowest BCUT2D eigenvalue weighted by atomic mass is 9.84. The summed E-state index contributed by atoms with van der Waals surface area (Å²) in [5.41, 5.74) is 0.0664. The van der Waals surface area contributed by atoms with Crippen molar-refractivity contribution in [1.82, 2.24) is 14.8 Å². The van der Waals surface area contributed by atoms with Crippen LogP contribution >= 0.6 is 11.6 Å². The van der Waals surface area contributed by atoms with Gasteiger partial charge in [0, 0.05) is 5.02 Å². The lowest BCUT2D eigenvalue weighted by Gasteiger charge is -2.29. The summed E-state index contributed by atoms with van der Waals surface area (Å²) >= 11 is 5.90. The van der Waals surface area contributed by atoms with Gasteiger partial charge in [-0.2, -0.15) is 5.10 Å². The summed E-state index contributed by atoms with van der Waals surface area (Å²) in [5.74, 6) is -0.486. The van der Waals surface area contributed by atoms with Crippen LogP contribution < -0.4 is 0 Å². The third-order valence-corrected chi connectivity index (χ3v) is 3.89. The molecule has 1 heterocycles. The molecule has 1 aromatic carbocycles. The molecule has 0 amide bonds. The van der Waals surface area contributed by atoms with E-state index in [0.717, 1.165) is 5.56 Å². The summed E-state index contributed by atoms with van der Waals surface area (Å²) in [5, 5.41) is 15.5. The second-order valence-corrected chi connectivity index (χ2v) is 6.24. The number of ether oxygens (including phenoxy) is 1. The van der Waals surface area contributed by atoms with Gasteiger partial charge in [0.2, 0.25) is 0 Å². The van der Waals surface area contributed by atoms with Crippen molar-refractivity contribution in [3.8, 4) is 0 Å². The van der Waals surface area contributed by atoms with Gasteiger partial charge in [-0.3, -0.25) is 4.79 Å². The summed E-state index contributed by atoms with van der Waals surface area (Å²) < 4.78 is 6.50. The molecular formula is C17H20ClN3O3. The number of nitrogens with zero attached hydrogens (tertiary/aromatic N) is 3. The predicted octanol–water partition coefficient (Wildman–Crippen LogP) is 2.88. The Morgan fingerprint density at radius 1 is 1.42 bits per heavy atom. The van der Waals surface area contributed by atoms with Crippen molar-refractivity contribution in [2.45, 2.75) is 26.9 Å². The van der Waals surface area contributed by atoms with Crippen molar-refractivity contribution in [3.63, 3.8) is 0 Å². The molecule has 0 spiro atoms. The number of esters is 1. The van der Waals surface area contributed by atoms with Gasteiger partial charge in [0.05, 0.1) is 17.7 Å². The van der Waals surface area contributed by atoms with Gasteiger partial charge in [-0.05, 0) is 44.5 Å². The van der Waals surface area contributed by atoms with E-state index < -0.39 is 17.5 Å². The van der Waals surface area contributed by atoms with Crippen molar-refractivity contribution in [3.05, 3.63) is 47.5 Å². The van der Waals surface area contributed by atoms with Gasteiger partial charge >= 0.3 is 5.97 Å². The average Bonchev–Trinajstić information content (AvgIpc) is 3.08. The van der Waals surface area contributed by atoms with E-state index in [0.29, 0.717) is 10.7 Å². The highest BCUT2D eigenvalue weighted by molar-refractivity contribution is 6.30. The van der Waals surface area contributed by atoms with Gasteiger partial charge in [0.25, 0.3) is 0 Å². The van der Waals surface area contributed by atoms with Gasteiger partial charge in [-0.1, -0.05) is 23.7 Å². The van der Waals surface area contributed by atoms with Crippen molar-refractivity contribution < 1.29 is 14.6 Å². The van der Waals surface area contributed by atoms with Crippen LogP contribution in [-0.4, -0.2) is 38.6 Å². The highest BCUT2D eigenvalue weighted by Crippen LogP contribution is 2.31. The number of aliphatic hydroxyl groups is 1. The van der Waals surface area contributed by atoms with Crippen LogP contribution in [0.3, 0.4) is 0 Å². The van der Waals surface area contributed by atoms with Gasteiger partial charge in [-0.25, -0.2) is 9.67 Å². The molecule has 0 saturated carbocycles. The third kappa shape index (κ3) is 4.01. The van der Waals surface area contributed by atoms with E-state index >= 15 is 0 Å². The molecule has 2 rings (SSSR count). The van der Waals surface area contributed by atoms with E-state index in [1.807, 2.05) is 12.1 Å². The molecule has 0 radical (unpaired) electrons. The number of aromatic nitrogens is 3. The molecule has 6 nitrogen and oxygen atoms in total. The van der Waals surface area contributed by atoms with Gasteiger partial charge < -0.3 is 9.84 Å². The summed E-state index contributed by atoms with van der Waals surface area (Å²) in [6.07, 6.45) is 3.41. The van der Waals surface area contributed by atoms with Crippen LogP contribution in [0.4, 0.5) is 0 Å². The van der Waals surface area contributed by atoms with E-state index in [1.54, 1.807) is 39.0 Å². The first kappa shape index (κ1) is 18.2. The number of benzene rings is 1. The maximum Gasteiger partial charge on any atom is 0.314 e. The fraction of sp³-hybridized carbons (Fsp3) is 0.353. The molecule has 0 saturated heterocycles. The fourth-order valence-corrected chi connectivity index (χ4v) is 2.27. The zero-order valence-corrected chi connectivity index (χ0v) is 14.6. The lowest BCUT2D eigenvalue weighted by molar-refractivity contribution is -0.157. The third-order valence-electron chi connectivity index (χ3n) is 3.63. The maximum atomic E-state index is 12.2. The molecule has 7 heteroatoms. The van der Waals surface area contributed by atoms with Crippen LogP contribution in [0.25, 0.3) is 11.8 Å². The molecule has 1 atom stereocenters. The lowest BCUT2D eigenvalue weighted by Crippen LogP contribution is -2.40. The van der Waals surface area contributed by atoms with E-state index in [9.17, 15) is 9.90 Å². The number of aliphatic hydroxyl groups excluding tert-OH is 1. The molecule has 1 aromatic heterocycles. The number of halogens is 1. The van der Waals surface area contributed by atoms with Gasteiger partial charge in [-0.15, -0.1) is 0 Å². The standard InChI is InChI=1S/C17H20ClN3O3/c1-4-24-16(23)17(2,3)15(22)14(21-11-19-10-20-21)9-12-5-7-13(18)8-6-12/h5-11,15,22H,4H2,1-3H3. The molecule has 128 valence electrons. The Bertz CT molecular complexity index is 709. The van der Waals surface area contributed by atoms with Crippen LogP contribution in [0.15, 0.2) is 36.9 Å². The summed E-state index contributed by atoms with van der Waals surface area (Å²) in [6.45, 7) is 5.22. The van der Waals surface area contributed by atoms with Crippen LogP contribution in [0.5, 0.6) is 0 Å². The molecule has 0 aliphatic carbocycles. The molecule has 0 bridgehead atoms. The van der Waals surface area contributed by atoms with Crippen LogP contribution in [0.2, 0.25) is 5.02 Å². The largest absolute Gasteiger partial charge is 0.465 e. The number of rotatable bonds is 6. The highest BCUT2D eigenvalue weighted by Gasteiger charge is 2.40. The first-order valence-corrected chi connectivity index (χ1v) is 7.91.